The zero-order valence-electron chi connectivity index (χ0n) is 16.7. The van der Waals surface area contributed by atoms with E-state index in [1.807, 2.05) is 31.2 Å². The van der Waals surface area contributed by atoms with Gasteiger partial charge in [-0.2, -0.15) is 5.10 Å². The third-order valence-electron chi connectivity index (χ3n) is 4.72. The number of nitrogens with one attached hydrogen (secondary N) is 1. The lowest BCUT2D eigenvalue weighted by Gasteiger charge is -2.34. The van der Waals surface area contributed by atoms with Gasteiger partial charge in [0.05, 0.1) is 19.3 Å². The number of aryl methyl sites for hydroxylation is 1. The molecule has 0 spiro atoms. The van der Waals surface area contributed by atoms with Crippen LogP contribution in [0.25, 0.3) is 0 Å². The van der Waals surface area contributed by atoms with Crippen LogP contribution in [0.5, 0.6) is 0 Å². The molecule has 7 heteroatoms. The zero-order chi connectivity index (χ0) is 19.2. The Hall–Kier alpha value is -2.38. The van der Waals surface area contributed by atoms with Crippen molar-refractivity contribution in [2.45, 2.75) is 19.2 Å². The minimum absolute atomic E-state index is 0.0204. The lowest BCUT2D eigenvalue weighted by Crippen LogP contribution is -2.48. The van der Waals surface area contributed by atoms with Crippen LogP contribution in [0, 0.1) is 0 Å². The van der Waals surface area contributed by atoms with E-state index in [9.17, 15) is 0 Å². The summed E-state index contributed by atoms with van der Waals surface area (Å²) in [4.78, 5) is 8.94. The summed E-state index contributed by atoms with van der Waals surface area (Å²) in [6.07, 6.45) is 3.91. The molecule has 1 aliphatic heterocycles. The first kappa shape index (κ1) is 19.4. The number of nitrogens with zero attached hydrogens (tertiary/aromatic N) is 5. The van der Waals surface area contributed by atoms with Crippen molar-refractivity contribution in [3.8, 4) is 0 Å². The summed E-state index contributed by atoms with van der Waals surface area (Å²) < 4.78 is 7.76. The topological polar surface area (TPSA) is 57.9 Å². The van der Waals surface area contributed by atoms with Gasteiger partial charge in [-0.1, -0.05) is 24.3 Å². The largest absolute Gasteiger partial charge is 0.370 e. The second-order valence-corrected chi connectivity index (χ2v) is 7.16. The van der Waals surface area contributed by atoms with Gasteiger partial charge in [-0.05, 0) is 25.2 Å². The van der Waals surface area contributed by atoms with Crippen molar-refractivity contribution >= 4 is 5.96 Å². The molecule has 3 rings (SSSR count). The highest BCUT2D eigenvalue weighted by atomic mass is 16.5. The van der Waals surface area contributed by atoms with Crippen LogP contribution < -0.4 is 5.32 Å². The zero-order valence-corrected chi connectivity index (χ0v) is 16.7. The predicted molar refractivity (Wildman–Crippen MR) is 108 cm³/mol. The molecule has 1 aliphatic rings. The van der Waals surface area contributed by atoms with Crippen LogP contribution in [-0.2, 0) is 24.9 Å². The molecule has 0 saturated carbocycles. The van der Waals surface area contributed by atoms with Crippen LogP contribution >= 0.6 is 0 Å². The van der Waals surface area contributed by atoms with Gasteiger partial charge in [-0.25, -0.2) is 0 Å². The SMILES string of the molecule is CN=C(NCc1ccccc1CN(C)C)N1CCOC(c2cnn(C)c2)C1. The Bertz CT molecular complexity index is 769. The van der Waals surface area contributed by atoms with E-state index in [2.05, 4.69) is 63.6 Å². The first-order chi connectivity index (χ1) is 13.1. The maximum Gasteiger partial charge on any atom is 0.194 e. The minimum Gasteiger partial charge on any atom is -0.370 e. The molecule has 2 heterocycles. The lowest BCUT2D eigenvalue weighted by atomic mass is 10.1. The number of aliphatic imine (C=N–C) groups is 1. The third-order valence-corrected chi connectivity index (χ3v) is 4.72. The first-order valence-electron chi connectivity index (χ1n) is 9.34. The van der Waals surface area contributed by atoms with Crippen LogP contribution in [0.2, 0.25) is 0 Å². The van der Waals surface area contributed by atoms with E-state index in [0.717, 1.165) is 37.7 Å². The smallest absolute Gasteiger partial charge is 0.194 e. The molecule has 0 aliphatic carbocycles. The second-order valence-electron chi connectivity index (χ2n) is 7.16. The van der Waals surface area contributed by atoms with E-state index in [4.69, 9.17) is 4.74 Å². The van der Waals surface area contributed by atoms with Crippen molar-refractivity contribution in [2.75, 3.05) is 40.8 Å². The van der Waals surface area contributed by atoms with Gasteiger partial charge in [-0.3, -0.25) is 9.67 Å². The van der Waals surface area contributed by atoms with Gasteiger partial charge in [-0.15, -0.1) is 0 Å². The van der Waals surface area contributed by atoms with Crippen molar-refractivity contribution in [2.24, 2.45) is 12.0 Å². The maximum absolute atomic E-state index is 5.94. The average Bonchev–Trinajstić information content (AvgIpc) is 3.10. The van der Waals surface area contributed by atoms with E-state index in [1.54, 1.807) is 0 Å². The highest BCUT2D eigenvalue weighted by molar-refractivity contribution is 5.80. The Morgan fingerprint density at radius 3 is 2.78 bits per heavy atom. The van der Waals surface area contributed by atoms with E-state index in [0.29, 0.717) is 6.61 Å². The van der Waals surface area contributed by atoms with Crippen molar-refractivity contribution in [3.05, 3.63) is 53.3 Å². The van der Waals surface area contributed by atoms with E-state index >= 15 is 0 Å². The van der Waals surface area contributed by atoms with Crippen LogP contribution in [0.15, 0.2) is 41.7 Å². The molecule has 1 unspecified atom stereocenters. The quantitative estimate of drug-likeness (QED) is 0.640. The molecule has 7 nitrogen and oxygen atoms in total. The molecule has 27 heavy (non-hydrogen) atoms. The lowest BCUT2D eigenvalue weighted by molar-refractivity contribution is -0.00805. The summed E-state index contributed by atoms with van der Waals surface area (Å²) in [7, 11) is 7.95. The van der Waals surface area contributed by atoms with Crippen LogP contribution in [0.4, 0.5) is 0 Å². The second kappa shape index (κ2) is 9.01. The fourth-order valence-corrected chi connectivity index (χ4v) is 3.38. The molecule has 1 fully saturated rings. The van der Waals surface area contributed by atoms with Gasteiger partial charge < -0.3 is 19.9 Å². The van der Waals surface area contributed by atoms with Gasteiger partial charge >= 0.3 is 0 Å². The number of hydrogen-bond donors (Lipinski definition) is 1. The normalized spacial score (nSPS) is 18.2. The van der Waals surface area contributed by atoms with E-state index < -0.39 is 0 Å². The number of rotatable bonds is 5. The summed E-state index contributed by atoms with van der Waals surface area (Å²) in [6, 6.07) is 8.55. The summed E-state index contributed by atoms with van der Waals surface area (Å²) >= 11 is 0. The van der Waals surface area contributed by atoms with Crippen LogP contribution in [0.3, 0.4) is 0 Å². The Morgan fingerprint density at radius 1 is 1.33 bits per heavy atom. The van der Waals surface area contributed by atoms with Gasteiger partial charge in [0.15, 0.2) is 5.96 Å². The van der Waals surface area contributed by atoms with Gasteiger partial charge in [0.2, 0.25) is 0 Å². The number of ether oxygens (including phenoxy) is 1. The van der Waals surface area contributed by atoms with Crippen LogP contribution in [0.1, 0.15) is 22.8 Å². The molecular weight excluding hydrogens is 340 g/mol. The summed E-state index contributed by atoms with van der Waals surface area (Å²) in [6.45, 7) is 3.96. The van der Waals surface area contributed by atoms with Crippen molar-refractivity contribution in [1.82, 2.24) is 24.9 Å². The first-order valence-corrected chi connectivity index (χ1v) is 9.34. The highest BCUT2D eigenvalue weighted by Gasteiger charge is 2.25. The number of benzene rings is 1. The minimum atomic E-state index is 0.0204. The van der Waals surface area contributed by atoms with E-state index in [-0.39, 0.29) is 6.10 Å². The van der Waals surface area contributed by atoms with Crippen molar-refractivity contribution in [1.29, 1.82) is 0 Å². The Kier molecular flexibility index (Phi) is 6.47. The standard InChI is InChI=1S/C20H30N6O/c1-21-20(22-11-16-7-5-6-8-17(16)13-24(2)3)26-9-10-27-19(15-26)18-12-23-25(4)14-18/h5-8,12,14,19H,9-11,13,15H2,1-4H3,(H,21,22). The molecule has 146 valence electrons. The van der Waals surface area contributed by atoms with E-state index in [1.165, 1.54) is 11.1 Å². The maximum atomic E-state index is 5.94. The molecule has 1 N–H and O–H groups in total. The molecule has 2 aromatic rings. The van der Waals surface area contributed by atoms with Gasteiger partial charge in [0, 0.05) is 45.5 Å². The molecule has 0 amide bonds. The van der Waals surface area contributed by atoms with Crippen molar-refractivity contribution in [3.63, 3.8) is 0 Å². The molecular formula is C20H30N6O. The van der Waals surface area contributed by atoms with Crippen LogP contribution in [-0.4, -0.2) is 66.4 Å². The Morgan fingerprint density at radius 2 is 2.11 bits per heavy atom. The van der Waals surface area contributed by atoms with Crippen molar-refractivity contribution < 1.29 is 4.74 Å². The molecule has 1 saturated heterocycles. The fourth-order valence-electron chi connectivity index (χ4n) is 3.38. The molecule has 0 radical (unpaired) electrons. The number of hydrogen-bond acceptors (Lipinski definition) is 4. The Balaban J connectivity index is 1.64. The Labute approximate surface area is 161 Å². The average molecular weight is 371 g/mol. The molecule has 0 bridgehead atoms. The highest BCUT2D eigenvalue weighted by Crippen LogP contribution is 2.21. The number of aromatic nitrogens is 2. The third kappa shape index (κ3) is 5.08. The molecule has 1 aromatic heterocycles. The fraction of sp³-hybridized carbons (Fsp3) is 0.500. The summed E-state index contributed by atoms with van der Waals surface area (Å²) in [5, 5.41) is 7.79. The summed E-state index contributed by atoms with van der Waals surface area (Å²) in [5.41, 5.74) is 3.74. The summed E-state index contributed by atoms with van der Waals surface area (Å²) in [5.74, 6) is 0.909. The van der Waals surface area contributed by atoms with Gasteiger partial charge in [0.25, 0.3) is 0 Å². The monoisotopic (exact) mass is 370 g/mol. The number of morpholine rings is 1. The van der Waals surface area contributed by atoms with Gasteiger partial charge in [0.1, 0.15) is 6.10 Å². The molecule has 1 aromatic carbocycles. The molecule has 1 atom stereocenters. The number of guanidine groups is 1. The predicted octanol–water partition coefficient (Wildman–Crippen LogP) is 1.63.